The minimum atomic E-state index is -0.866. The SMILES string of the molecule is O=C1CCc2cc(F)c(NC(=O)OCCO)cc2N1. The molecule has 1 aliphatic heterocycles. The van der Waals surface area contributed by atoms with Crippen molar-refractivity contribution >= 4 is 23.4 Å². The van der Waals surface area contributed by atoms with Gasteiger partial charge in [-0.15, -0.1) is 0 Å². The fourth-order valence-corrected chi connectivity index (χ4v) is 1.78. The highest BCUT2D eigenvalue weighted by Gasteiger charge is 2.18. The van der Waals surface area contributed by atoms with Gasteiger partial charge in [0.05, 0.1) is 12.3 Å². The van der Waals surface area contributed by atoms with Gasteiger partial charge in [0.1, 0.15) is 12.4 Å². The molecule has 19 heavy (non-hydrogen) atoms. The maximum atomic E-state index is 13.7. The molecule has 0 fully saturated rings. The molecule has 2 rings (SSSR count). The maximum absolute atomic E-state index is 13.7. The Morgan fingerprint density at radius 2 is 2.26 bits per heavy atom. The monoisotopic (exact) mass is 268 g/mol. The number of aliphatic hydroxyl groups excluding tert-OH is 1. The number of hydrogen-bond donors (Lipinski definition) is 3. The summed E-state index contributed by atoms with van der Waals surface area (Å²) < 4.78 is 18.3. The minimum Gasteiger partial charge on any atom is -0.447 e. The largest absolute Gasteiger partial charge is 0.447 e. The maximum Gasteiger partial charge on any atom is 0.411 e. The summed E-state index contributed by atoms with van der Waals surface area (Å²) in [6.45, 7) is -0.481. The van der Waals surface area contributed by atoms with Gasteiger partial charge in [-0.3, -0.25) is 10.1 Å². The number of benzene rings is 1. The molecule has 0 saturated carbocycles. The predicted octanol–water partition coefficient (Wildman–Crippen LogP) is 1.25. The Balaban J connectivity index is 2.15. The van der Waals surface area contributed by atoms with Crippen LogP contribution in [0.1, 0.15) is 12.0 Å². The van der Waals surface area contributed by atoms with Crippen molar-refractivity contribution in [2.24, 2.45) is 0 Å². The van der Waals surface area contributed by atoms with Gasteiger partial charge in [-0.2, -0.15) is 0 Å². The molecule has 0 aromatic heterocycles. The molecule has 2 amide bonds. The van der Waals surface area contributed by atoms with E-state index in [-0.39, 0.29) is 24.8 Å². The topological polar surface area (TPSA) is 87.7 Å². The van der Waals surface area contributed by atoms with Gasteiger partial charge in [0, 0.05) is 12.1 Å². The van der Waals surface area contributed by atoms with E-state index in [9.17, 15) is 14.0 Å². The fraction of sp³-hybridized carbons (Fsp3) is 0.333. The molecule has 0 unspecified atom stereocenters. The van der Waals surface area contributed by atoms with E-state index in [0.717, 1.165) is 0 Å². The van der Waals surface area contributed by atoms with Gasteiger partial charge in [0.2, 0.25) is 5.91 Å². The van der Waals surface area contributed by atoms with Crippen molar-refractivity contribution in [2.45, 2.75) is 12.8 Å². The summed E-state index contributed by atoms with van der Waals surface area (Å²) in [6, 6.07) is 2.62. The lowest BCUT2D eigenvalue weighted by molar-refractivity contribution is -0.116. The lowest BCUT2D eigenvalue weighted by Gasteiger charge is -2.18. The van der Waals surface area contributed by atoms with Gasteiger partial charge in [0.25, 0.3) is 0 Å². The number of aliphatic hydroxyl groups is 1. The number of nitrogens with one attached hydrogen (secondary N) is 2. The molecule has 0 spiro atoms. The van der Waals surface area contributed by atoms with E-state index in [1.165, 1.54) is 12.1 Å². The van der Waals surface area contributed by atoms with Crippen LogP contribution in [-0.4, -0.2) is 30.3 Å². The first-order valence-electron chi connectivity index (χ1n) is 5.77. The molecule has 1 heterocycles. The first-order chi connectivity index (χ1) is 9.10. The van der Waals surface area contributed by atoms with Gasteiger partial charge < -0.3 is 15.2 Å². The number of halogens is 1. The highest BCUT2D eigenvalue weighted by Crippen LogP contribution is 2.28. The molecule has 0 atom stereocenters. The van der Waals surface area contributed by atoms with Crippen LogP contribution in [-0.2, 0) is 16.0 Å². The third-order valence-electron chi connectivity index (χ3n) is 2.65. The van der Waals surface area contributed by atoms with E-state index < -0.39 is 11.9 Å². The first kappa shape index (κ1) is 13.3. The van der Waals surface area contributed by atoms with Gasteiger partial charge in [-0.05, 0) is 24.1 Å². The predicted molar refractivity (Wildman–Crippen MR) is 65.4 cm³/mol. The number of hydrogen-bond acceptors (Lipinski definition) is 4. The summed E-state index contributed by atoms with van der Waals surface area (Å²) in [5.41, 5.74) is 1.09. The van der Waals surface area contributed by atoms with Gasteiger partial charge in [0.15, 0.2) is 0 Å². The Kier molecular flexibility index (Phi) is 3.96. The van der Waals surface area contributed by atoms with Crippen molar-refractivity contribution < 1.29 is 23.8 Å². The Bertz CT molecular complexity index is 519. The van der Waals surface area contributed by atoms with Crippen LogP contribution in [0.4, 0.5) is 20.6 Å². The second-order valence-electron chi connectivity index (χ2n) is 4.02. The smallest absolute Gasteiger partial charge is 0.411 e. The van der Waals surface area contributed by atoms with Crippen LogP contribution in [0, 0.1) is 5.82 Å². The molecule has 0 bridgehead atoms. The first-order valence-corrected chi connectivity index (χ1v) is 5.77. The van der Waals surface area contributed by atoms with Crippen LogP contribution in [0.15, 0.2) is 12.1 Å². The number of carbonyl (C=O) groups is 2. The molecule has 1 aliphatic rings. The summed E-state index contributed by atoms with van der Waals surface area (Å²) >= 11 is 0. The molecule has 6 nitrogen and oxygen atoms in total. The van der Waals surface area contributed by atoms with E-state index >= 15 is 0 Å². The Hall–Kier alpha value is -2.15. The molecule has 0 radical (unpaired) electrons. The lowest BCUT2D eigenvalue weighted by Crippen LogP contribution is -2.21. The van der Waals surface area contributed by atoms with Crippen LogP contribution in [0.2, 0.25) is 0 Å². The summed E-state index contributed by atoms with van der Waals surface area (Å²) in [5, 5.41) is 13.3. The normalized spacial score (nSPS) is 13.5. The highest BCUT2D eigenvalue weighted by molar-refractivity contribution is 5.95. The van der Waals surface area contributed by atoms with Gasteiger partial charge >= 0.3 is 6.09 Å². The molecular weight excluding hydrogens is 255 g/mol. The van der Waals surface area contributed by atoms with Crippen LogP contribution < -0.4 is 10.6 Å². The van der Waals surface area contributed by atoms with E-state index in [1.54, 1.807) is 0 Å². The molecule has 1 aromatic carbocycles. The number of aryl methyl sites for hydroxylation is 1. The van der Waals surface area contributed by atoms with Crippen molar-refractivity contribution in [3.05, 3.63) is 23.5 Å². The molecule has 7 heteroatoms. The zero-order chi connectivity index (χ0) is 13.8. The zero-order valence-electron chi connectivity index (χ0n) is 10.0. The molecular formula is C12H13FN2O4. The number of fused-ring (bicyclic) bond motifs is 1. The summed E-state index contributed by atoms with van der Waals surface area (Å²) in [6.07, 6.45) is -0.0829. The number of anilines is 2. The average Bonchev–Trinajstić information content (AvgIpc) is 2.38. The van der Waals surface area contributed by atoms with E-state index in [0.29, 0.717) is 24.1 Å². The standard InChI is InChI=1S/C12H13FN2O4/c13-8-5-7-1-2-11(17)14-9(7)6-10(8)15-12(18)19-4-3-16/h5-6,16H,1-4H2,(H,14,17)(H,15,18). The second-order valence-corrected chi connectivity index (χ2v) is 4.02. The lowest BCUT2D eigenvalue weighted by atomic mass is 10.0. The summed E-state index contributed by atoms with van der Waals surface area (Å²) in [5.74, 6) is -0.747. The number of amides is 2. The van der Waals surface area contributed by atoms with Gasteiger partial charge in [-0.25, -0.2) is 9.18 Å². The van der Waals surface area contributed by atoms with E-state index in [1.807, 2.05) is 0 Å². The van der Waals surface area contributed by atoms with Crippen molar-refractivity contribution in [1.82, 2.24) is 0 Å². The van der Waals surface area contributed by atoms with Crippen molar-refractivity contribution in [3.63, 3.8) is 0 Å². The molecule has 0 saturated heterocycles. The third-order valence-corrected chi connectivity index (χ3v) is 2.65. The van der Waals surface area contributed by atoms with Gasteiger partial charge in [-0.1, -0.05) is 0 Å². The summed E-state index contributed by atoms with van der Waals surface area (Å²) in [7, 11) is 0. The van der Waals surface area contributed by atoms with Crippen molar-refractivity contribution in [3.8, 4) is 0 Å². The van der Waals surface area contributed by atoms with Crippen molar-refractivity contribution in [1.29, 1.82) is 0 Å². The Labute approximate surface area is 108 Å². The zero-order valence-corrected chi connectivity index (χ0v) is 10.0. The Morgan fingerprint density at radius 3 is 3.00 bits per heavy atom. The molecule has 3 N–H and O–H groups in total. The number of ether oxygens (including phenoxy) is 1. The third kappa shape index (κ3) is 3.19. The van der Waals surface area contributed by atoms with Crippen LogP contribution in [0.25, 0.3) is 0 Å². The van der Waals surface area contributed by atoms with Crippen LogP contribution in [0.5, 0.6) is 0 Å². The number of carbonyl (C=O) groups excluding carboxylic acids is 2. The average molecular weight is 268 g/mol. The number of rotatable bonds is 3. The van der Waals surface area contributed by atoms with Crippen LogP contribution >= 0.6 is 0 Å². The highest BCUT2D eigenvalue weighted by atomic mass is 19.1. The summed E-state index contributed by atoms with van der Waals surface area (Å²) in [4.78, 5) is 22.5. The fourth-order valence-electron chi connectivity index (χ4n) is 1.78. The quantitative estimate of drug-likeness (QED) is 0.770. The molecule has 1 aromatic rings. The molecule has 0 aliphatic carbocycles. The molecule has 102 valence electrons. The second kappa shape index (κ2) is 5.66. The minimum absolute atomic E-state index is 0.0797. The van der Waals surface area contributed by atoms with Crippen molar-refractivity contribution in [2.75, 3.05) is 23.8 Å². The Morgan fingerprint density at radius 1 is 1.47 bits per heavy atom. The van der Waals surface area contributed by atoms with E-state index in [2.05, 4.69) is 15.4 Å². The van der Waals surface area contributed by atoms with Crippen LogP contribution in [0.3, 0.4) is 0 Å². The van der Waals surface area contributed by atoms with E-state index in [4.69, 9.17) is 5.11 Å².